The molecule has 1 fully saturated rings. The van der Waals surface area contributed by atoms with Crippen molar-refractivity contribution in [3.8, 4) is 0 Å². The van der Waals surface area contributed by atoms with Gasteiger partial charge in [-0.3, -0.25) is 4.79 Å². The topological polar surface area (TPSA) is 39.2 Å². The van der Waals surface area contributed by atoms with Gasteiger partial charge in [-0.15, -0.1) is 11.3 Å². The van der Waals surface area contributed by atoms with Crippen molar-refractivity contribution in [3.05, 3.63) is 52.0 Å². The number of rotatable bonds is 4. The molecule has 0 aliphatic heterocycles. The van der Waals surface area contributed by atoms with Crippen molar-refractivity contribution in [1.82, 2.24) is 4.98 Å². The molecule has 2 aromatic rings. The molecule has 1 aliphatic rings. The van der Waals surface area contributed by atoms with Crippen LogP contribution in [0.3, 0.4) is 0 Å². The molecular weight excluding hydrogens is 270 g/mol. The number of aromatic nitrogens is 1. The lowest BCUT2D eigenvalue weighted by atomic mass is 10.1. The van der Waals surface area contributed by atoms with Gasteiger partial charge in [-0.25, -0.2) is 4.98 Å². The van der Waals surface area contributed by atoms with Crippen LogP contribution in [0.5, 0.6) is 0 Å². The van der Waals surface area contributed by atoms with Gasteiger partial charge in [-0.05, 0) is 19.4 Å². The average Bonchev–Trinajstić information content (AvgIpc) is 3.07. The summed E-state index contributed by atoms with van der Waals surface area (Å²) in [7, 11) is 0. The molecule has 0 spiro atoms. The van der Waals surface area contributed by atoms with Gasteiger partial charge in [0, 0.05) is 22.9 Å². The number of benzene rings is 1. The van der Waals surface area contributed by atoms with Crippen LogP contribution in [0.4, 0.5) is 0 Å². The minimum Gasteiger partial charge on any atom is -0.466 e. The fourth-order valence-corrected chi connectivity index (χ4v) is 3.80. The smallest absolute Gasteiger partial charge is 0.310 e. The Bertz CT molecular complexity index is 608. The second-order valence-corrected chi connectivity index (χ2v) is 6.29. The van der Waals surface area contributed by atoms with Gasteiger partial charge < -0.3 is 4.74 Å². The first-order valence-electron chi connectivity index (χ1n) is 6.86. The Morgan fingerprint density at radius 3 is 2.65 bits per heavy atom. The van der Waals surface area contributed by atoms with E-state index in [1.165, 1.54) is 10.4 Å². The number of thiazole rings is 1. The highest BCUT2D eigenvalue weighted by Crippen LogP contribution is 2.61. The summed E-state index contributed by atoms with van der Waals surface area (Å²) in [5, 5.41) is 1.04. The van der Waals surface area contributed by atoms with Crippen LogP contribution in [0.2, 0.25) is 0 Å². The van der Waals surface area contributed by atoms with Crippen LogP contribution in [-0.2, 0) is 9.53 Å². The molecule has 0 N–H and O–H groups in total. The number of carbonyl (C=O) groups is 1. The Labute approximate surface area is 122 Å². The molecule has 1 saturated carbocycles. The highest BCUT2D eigenvalue weighted by molar-refractivity contribution is 7.11. The standard InChI is InChI=1S/C16H17NO2S/c1-3-19-16(18)15-13(11-7-5-4-6-8-11)14(15)12-9-17-10(2)20-12/h4-9,13-15H,3H2,1-2H3/t13-,14-,15-/m1/s1. The summed E-state index contributed by atoms with van der Waals surface area (Å²) in [6, 6.07) is 10.2. The van der Waals surface area contributed by atoms with Gasteiger partial charge in [0.05, 0.1) is 17.5 Å². The maximum absolute atomic E-state index is 12.1. The van der Waals surface area contributed by atoms with Crippen LogP contribution in [0.25, 0.3) is 0 Å². The fourth-order valence-electron chi connectivity index (χ4n) is 2.82. The zero-order chi connectivity index (χ0) is 14.1. The number of ether oxygens (including phenoxy) is 1. The molecule has 1 aromatic heterocycles. The van der Waals surface area contributed by atoms with Crippen LogP contribution in [0.1, 0.15) is 34.2 Å². The van der Waals surface area contributed by atoms with Crippen molar-refractivity contribution in [2.45, 2.75) is 25.7 Å². The minimum atomic E-state index is -0.0857. The van der Waals surface area contributed by atoms with E-state index in [0.29, 0.717) is 6.61 Å². The van der Waals surface area contributed by atoms with Crippen molar-refractivity contribution in [2.24, 2.45) is 5.92 Å². The number of hydrogen-bond acceptors (Lipinski definition) is 4. The lowest BCUT2D eigenvalue weighted by Gasteiger charge is -2.00. The van der Waals surface area contributed by atoms with Crippen molar-refractivity contribution in [2.75, 3.05) is 6.61 Å². The first kappa shape index (κ1) is 13.3. The molecule has 0 amide bonds. The van der Waals surface area contributed by atoms with E-state index < -0.39 is 0 Å². The maximum Gasteiger partial charge on any atom is 0.310 e. The summed E-state index contributed by atoms with van der Waals surface area (Å²) in [6.07, 6.45) is 1.90. The molecule has 0 unspecified atom stereocenters. The zero-order valence-corrected chi connectivity index (χ0v) is 12.4. The number of carbonyl (C=O) groups excluding carboxylic acids is 1. The highest BCUT2D eigenvalue weighted by atomic mass is 32.1. The first-order chi connectivity index (χ1) is 9.72. The van der Waals surface area contributed by atoms with Crippen LogP contribution < -0.4 is 0 Å². The Balaban J connectivity index is 1.89. The van der Waals surface area contributed by atoms with Gasteiger partial charge in [-0.1, -0.05) is 30.3 Å². The molecule has 3 rings (SSSR count). The van der Waals surface area contributed by atoms with Crippen LogP contribution in [0, 0.1) is 12.8 Å². The van der Waals surface area contributed by atoms with Crippen molar-refractivity contribution >= 4 is 17.3 Å². The molecule has 0 radical (unpaired) electrons. The Morgan fingerprint density at radius 1 is 1.30 bits per heavy atom. The first-order valence-corrected chi connectivity index (χ1v) is 7.68. The van der Waals surface area contributed by atoms with Crippen LogP contribution in [-0.4, -0.2) is 17.6 Å². The normalized spacial score (nSPS) is 24.4. The molecule has 0 bridgehead atoms. The van der Waals surface area contributed by atoms with E-state index in [9.17, 15) is 4.79 Å². The molecular formula is C16H17NO2S. The second-order valence-electron chi connectivity index (χ2n) is 5.02. The average molecular weight is 287 g/mol. The van der Waals surface area contributed by atoms with Gasteiger partial charge in [0.1, 0.15) is 0 Å². The maximum atomic E-state index is 12.1. The Kier molecular flexibility index (Phi) is 3.57. The van der Waals surface area contributed by atoms with Gasteiger partial charge in [-0.2, -0.15) is 0 Å². The molecule has 4 heteroatoms. The van der Waals surface area contributed by atoms with Gasteiger partial charge in [0.15, 0.2) is 0 Å². The van der Waals surface area contributed by atoms with Crippen molar-refractivity contribution < 1.29 is 9.53 Å². The van der Waals surface area contributed by atoms with E-state index in [1.54, 1.807) is 11.3 Å². The van der Waals surface area contributed by atoms with E-state index in [4.69, 9.17) is 4.74 Å². The predicted molar refractivity (Wildman–Crippen MR) is 78.9 cm³/mol. The van der Waals surface area contributed by atoms with Gasteiger partial charge in [0.2, 0.25) is 0 Å². The van der Waals surface area contributed by atoms with E-state index in [1.807, 2.05) is 38.2 Å². The third kappa shape index (κ3) is 2.36. The molecule has 3 nitrogen and oxygen atoms in total. The number of hydrogen-bond donors (Lipinski definition) is 0. The van der Waals surface area contributed by atoms with Crippen LogP contribution >= 0.6 is 11.3 Å². The third-order valence-electron chi connectivity index (χ3n) is 3.73. The summed E-state index contributed by atoms with van der Waals surface area (Å²) in [5.41, 5.74) is 1.21. The number of nitrogens with zero attached hydrogens (tertiary/aromatic N) is 1. The number of esters is 1. The molecule has 104 valence electrons. The van der Waals surface area contributed by atoms with Gasteiger partial charge in [0.25, 0.3) is 0 Å². The molecule has 3 atom stereocenters. The van der Waals surface area contributed by atoms with Crippen molar-refractivity contribution in [1.29, 1.82) is 0 Å². The molecule has 1 aliphatic carbocycles. The van der Waals surface area contributed by atoms with E-state index in [0.717, 1.165) is 5.01 Å². The van der Waals surface area contributed by atoms with E-state index in [-0.39, 0.29) is 23.7 Å². The number of aryl methyl sites for hydroxylation is 1. The Morgan fingerprint density at radius 2 is 2.05 bits per heavy atom. The van der Waals surface area contributed by atoms with Crippen molar-refractivity contribution in [3.63, 3.8) is 0 Å². The summed E-state index contributed by atoms with van der Waals surface area (Å²) < 4.78 is 5.22. The fraction of sp³-hybridized carbons (Fsp3) is 0.375. The molecule has 20 heavy (non-hydrogen) atoms. The van der Waals surface area contributed by atoms with E-state index in [2.05, 4.69) is 17.1 Å². The quantitative estimate of drug-likeness (QED) is 0.808. The van der Waals surface area contributed by atoms with Gasteiger partial charge >= 0.3 is 5.97 Å². The summed E-state index contributed by atoms with van der Waals surface area (Å²) in [5.74, 6) is 0.312. The second kappa shape index (κ2) is 5.37. The molecule has 1 aromatic carbocycles. The molecule has 1 heterocycles. The minimum absolute atomic E-state index is 0.0581. The summed E-state index contributed by atoms with van der Waals surface area (Å²) in [6.45, 7) is 4.28. The zero-order valence-electron chi connectivity index (χ0n) is 11.6. The van der Waals surface area contributed by atoms with Crippen LogP contribution in [0.15, 0.2) is 36.5 Å². The molecule has 0 saturated heterocycles. The monoisotopic (exact) mass is 287 g/mol. The SMILES string of the molecule is CCOC(=O)[C@@H]1[C@H](c2ccccc2)[C@H]1c1cnc(C)s1. The Hall–Kier alpha value is -1.68. The summed E-state index contributed by atoms with van der Waals surface area (Å²) in [4.78, 5) is 17.6. The van der Waals surface area contributed by atoms with E-state index >= 15 is 0 Å². The lowest BCUT2D eigenvalue weighted by Crippen LogP contribution is -2.08. The lowest BCUT2D eigenvalue weighted by molar-refractivity contribution is -0.144. The third-order valence-corrected chi connectivity index (χ3v) is 4.74. The largest absolute Gasteiger partial charge is 0.466 e. The highest BCUT2D eigenvalue weighted by Gasteiger charge is 2.57. The predicted octanol–water partition coefficient (Wildman–Crippen LogP) is 3.51. The summed E-state index contributed by atoms with van der Waals surface area (Å²) >= 11 is 1.68.